The molecule has 1 N–H and O–H groups in total. The molecule has 0 fully saturated rings. The van der Waals surface area contributed by atoms with Gasteiger partial charge in [-0.3, -0.25) is 0 Å². The molecule has 0 amide bonds. The Kier molecular flexibility index (Phi) is 7.09. The first-order valence-corrected chi connectivity index (χ1v) is 6.84. The van der Waals surface area contributed by atoms with E-state index in [9.17, 15) is 0 Å². The molecule has 0 heterocycles. The van der Waals surface area contributed by atoms with E-state index < -0.39 is 0 Å². The second-order valence-corrected chi connectivity index (χ2v) is 4.50. The molecule has 0 saturated carbocycles. The van der Waals surface area contributed by atoms with Crippen molar-refractivity contribution in [3.63, 3.8) is 0 Å². The third-order valence-corrected chi connectivity index (χ3v) is 3.29. The molecule has 0 radical (unpaired) electrons. The minimum absolute atomic E-state index is 0.723. The number of likely N-dealkylation sites (N-methyl/N-ethyl adjacent to an activating group) is 1. The molecule has 4 heteroatoms. The highest BCUT2D eigenvalue weighted by atomic mass is 35.5. The lowest BCUT2D eigenvalue weighted by Gasteiger charge is -2.26. The van der Waals surface area contributed by atoms with E-state index >= 15 is 0 Å². The molecule has 0 atom stereocenters. The van der Waals surface area contributed by atoms with E-state index in [-0.39, 0.29) is 0 Å². The average molecular weight is 271 g/mol. The van der Waals surface area contributed by atoms with Crippen LogP contribution < -0.4 is 10.2 Å². The quantitative estimate of drug-likeness (QED) is 0.786. The Morgan fingerprint density at radius 3 is 2.72 bits per heavy atom. The van der Waals surface area contributed by atoms with Crippen LogP contribution in [0.5, 0.6) is 0 Å². The number of halogens is 1. The minimum atomic E-state index is 0.723. The van der Waals surface area contributed by atoms with Crippen LogP contribution in [0.3, 0.4) is 0 Å². The lowest BCUT2D eigenvalue weighted by molar-refractivity contribution is 0.205. The molecule has 0 aliphatic carbocycles. The van der Waals surface area contributed by atoms with Gasteiger partial charge in [-0.2, -0.15) is 0 Å². The van der Waals surface area contributed by atoms with Crippen molar-refractivity contribution in [2.45, 2.75) is 20.4 Å². The fourth-order valence-corrected chi connectivity index (χ4v) is 2.16. The van der Waals surface area contributed by atoms with Crippen molar-refractivity contribution in [2.24, 2.45) is 0 Å². The summed E-state index contributed by atoms with van der Waals surface area (Å²) in [6.45, 7) is 8.53. The molecule has 1 aromatic rings. The number of hydrogen-bond donors (Lipinski definition) is 1. The molecule has 102 valence electrons. The maximum absolute atomic E-state index is 6.30. The fraction of sp³-hybridized carbons (Fsp3) is 0.571. The number of hydrogen-bond acceptors (Lipinski definition) is 3. The number of nitrogens with zero attached hydrogens (tertiary/aromatic N) is 1. The Morgan fingerprint density at radius 1 is 1.33 bits per heavy atom. The summed E-state index contributed by atoms with van der Waals surface area (Å²) in [6, 6.07) is 6.07. The molecule has 3 nitrogen and oxygen atoms in total. The minimum Gasteiger partial charge on any atom is -0.383 e. The SMILES string of the molecule is CCNCc1c(Cl)cccc1N(CC)CCOC. The Labute approximate surface area is 115 Å². The van der Waals surface area contributed by atoms with Gasteiger partial charge in [-0.25, -0.2) is 0 Å². The van der Waals surface area contributed by atoms with Crippen molar-refractivity contribution < 1.29 is 4.74 Å². The zero-order valence-electron chi connectivity index (χ0n) is 11.5. The van der Waals surface area contributed by atoms with Gasteiger partial charge in [0.2, 0.25) is 0 Å². The lowest BCUT2D eigenvalue weighted by atomic mass is 10.1. The molecule has 0 aliphatic rings. The summed E-state index contributed by atoms with van der Waals surface area (Å²) < 4.78 is 5.16. The second-order valence-electron chi connectivity index (χ2n) is 4.09. The zero-order chi connectivity index (χ0) is 13.4. The van der Waals surface area contributed by atoms with Crippen LogP contribution in [0.2, 0.25) is 5.02 Å². The van der Waals surface area contributed by atoms with E-state index in [0.29, 0.717) is 0 Å². The molecule has 1 aromatic carbocycles. The van der Waals surface area contributed by atoms with Crippen molar-refractivity contribution in [1.29, 1.82) is 0 Å². The maximum atomic E-state index is 6.30. The van der Waals surface area contributed by atoms with Crippen LogP contribution in [0.25, 0.3) is 0 Å². The van der Waals surface area contributed by atoms with Gasteiger partial charge in [0.1, 0.15) is 0 Å². The van der Waals surface area contributed by atoms with Crippen LogP contribution in [0.4, 0.5) is 5.69 Å². The second kappa shape index (κ2) is 8.35. The van der Waals surface area contributed by atoms with Crippen molar-refractivity contribution in [1.82, 2.24) is 5.32 Å². The highest BCUT2D eigenvalue weighted by Gasteiger charge is 2.12. The van der Waals surface area contributed by atoms with Crippen molar-refractivity contribution in [3.8, 4) is 0 Å². The van der Waals surface area contributed by atoms with E-state index in [2.05, 4.69) is 30.1 Å². The van der Waals surface area contributed by atoms with Crippen LogP contribution in [-0.4, -0.2) is 33.4 Å². The highest BCUT2D eigenvalue weighted by molar-refractivity contribution is 6.31. The van der Waals surface area contributed by atoms with E-state index in [0.717, 1.165) is 37.8 Å². The topological polar surface area (TPSA) is 24.5 Å². The van der Waals surface area contributed by atoms with Crippen molar-refractivity contribution >= 4 is 17.3 Å². The first-order valence-electron chi connectivity index (χ1n) is 6.46. The molecule has 18 heavy (non-hydrogen) atoms. The van der Waals surface area contributed by atoms with Gasteiger partial charge in [0, 0.05) is 43.0 Å². The van der Waals surface area contributed by atoms with Crippen LogP contribution >= 0.6 is 11.6 Å². The summed E-state index contributed by atoms with van der Waals surface area (Å²) in [4.78, 5) is 2.29. The van der Waals surface area contributed by atoms with Crippen molar-refractivity contribution in [3.05, 3.63) is 28.8 Å². The van der Waals surface area contributed by atoms with Crippen LogP contribution in [0.15, 0.2) is 18.2 Å². The Bertz CT molecular complexity index is 358. The van der Waals surface area contributed by atoms with Crippen molar-refractivity contribution in [2.75, 3.05) is 38.3 Å². The van der Waals surface area contributed by atoms with Gasteiger partial charge in [-0.15, -0.1) is 0 Å². The van der Waals surface area contributed by atoms with Crippen LogP contribution in [0, 0.1) is 0 Å². The Morgan fingerprint density at radius 2 is 2.11 bits per heavy atom. The van der Waals surface area contributed by atoms with Gasteiger partial charge in [0.05, 0.1) is 6.61 Å². The number of benzene rings is 1. The van der Waals surface area contributed by atoms with Gasteiger partial charge in [0.15, 0.2) is 0 Å². The predicted octanol–water partition coefficient (Wildman–Crippen LogP) is 2.92. The standard InChI is InChI=1S/C14H23ClN2O/c1-4-16-11-12-13(15)7-6-8-14(12)17(5-2)9-10-18-3/h6-8,16H,4-5,9-11H2,1-3H3. The van der Waals surface area contributed by atoms with E-state index in [1.807, 2.05) is 12.1 Å². The van der Waals surface area contributed by atoms with E-state index in [1.165, 1.54) is 11.3 Å². The van der Waals surface area contributed by atoms with Gasteiger partial charge >= 0.3 is 0 Å². The predicted molar refractivity (Wildman–Crippen MR) is 78.6 cm³/mol. The molecule has 0 saturated heterocycles. The zero-order valence-corrected chi connectivity index (χ0v) is 12.3. The molecule has 0 aliphatic heterocycles. The Balaban J connectivity index is 2.93. The van der Waals surface area contributed by atoms with E-state index in [1.54, 1.807) is 7.11 Å². The summed E-state index contributed by atoms with van der Waals surface area (Å²) in [5.74, 6) is 0. The number of nitrogens with one attached hydrogen (secondary N) is 1. The van der Waals surface area contributed by atoms with Crippen LogP contribution in [-0.2, 0) is 11.3 Å². The highest BCUT2D eigenvalue weighted by Crippen LogP contribution is 2.27. The summed E-state index contributed by atoms with van der Waals surface area (Å²) in [5, 5.41) is 4.16. The monoisotopic (exact) mass is 270 g/mol. The third kappa shape index (κ3) is 4.16. The Hall–Kier alpha value is -0.770. The fourth-order valence-electron chi connectivity index (χ4n) is 1.92. The first-order chi connectivity index (χ1) is 8.74. The molecule has 0 unspecified atom stereocenters. The first kappa shape index (κ1) is 15.3. The maximum Gasteiger partial charge on any atom is 0.0637 e. The number of rotatable bonds is 8. The summed E-state index contributed by atoms with van der Waals surface area (Å²) in [6.07, 6.45) is 0. The normalized spacial score (nSPS) is 10.7. The summed E-state index contributed by atoms with van der Waals surface area (Å²) >= 11 is 6.30. The van der Waals surface area contributed by atoms with Gasteiger partial charge in [0.25, 0.3) is 0 Å². The van der Waals surface area contributed by atoms with Gasteiger partial charge < -0.3 is 15.0 Å². The van der Waals surface area contributed by atoms with Crippen LogP contribution in [0.1, 0.15) is 19.4 Å². The number of methoxy groups -OCH3 is 1. The van der Waals surface area contributed by atoms with E-state index in [4.69, 9.17) is 16.3 Å². The largest absolute Gasteiger partial charge is 0.383 e. The molecule has 0 aromatic heterocycles. The smallest absolute Gasteiger partial charge is 0.0637 e. The molecular weight excluding hydrogens is 248 g/mol. The number of anilines is 1. The number of ether oxygens (including phenoxy) is 1. The van der Waals surface area contributed by atoms with Gasteiger partial charge in [-0.05, 0) is 25.6 Å². The third-order valence-electron chi connectivity index (χ3n) is 2.93. The summed E-state index contributed by atoms with van der Waals surface area (Å²) in [7, 11) is 1.73. The molecule has 0 spiro atoms. The lowest BCUT2D eigenvalue weighted by Crippen LogP contribution is -2.28. The molecule has 1 rings (SSSR count). The summed E-state index contributed by atoms with van der Waals surface area (Å²) in [5.41, 5.74) is 2.36. The molecule has 0 bridgehead atoms. The van der Waals surface area contributed by atoms with Gasteiger partial charge in [-0.1, -0.05) is 24.6 Å². The average Bonchev–Trinajstić information content (AvgIpc) is 2.39. The molecular formula is C14H23ClN2O.